The molecule has 0 radical (unpaired) electrons. The van der Waals surface area contributed by atoms with Gasteiger partial charge in [-0.3, -0.25) is 4.79 Å². The zero-order valence-electron chi connectivity index (χ0n) is 19.8. The van der Waals surface area contributed by atoms with Gasteiger partial charge in [0.1, 0.15) is 11.0 Å². The first-order chi connectivity index (χ1) is 18.0. The summed E-state index contributed by atoms with van der Waals surface area (Å²) < 4.78 is 45.0. The summed E-state index contributed by atoms with van der Waals surface area (Å²) in [6, 6.07) is 16.1. The second-order valence-electron chi connectivity index (χ2n) is 8.83. The highest BCUT2D eigenvalue weighted by Crippen LogP contribution is 2.48. The molecule has 2 aromatic carbocycles. The van der Waals surface area contributed by atoms with Crippen molar-refractivity contribution in [3.05, 3.63) is 82.9 Å². The van der Waals surface area contributed by atoms with Crippen LogP contribution in [0.5, 0.6) is 0 Å². The molecule has 0 bridgehead atoms. The summed E-state index contributed by atoms with van der Waals surface area (Å²) in [7, 11) is 0. The number of aromatic nitrogens is 1. The number of halogens is 5. The number of hydrogen-bond acceptors (Lipinski definition) is 5. The molecule has 1 fully saturated rings. The third kappa shape index (κ3) is 6.28. The molecule has 1 aromatic heterocycles. The number of carbonyl (C=O) groups excluding carboxylic acids is 1. The SMILES string of the molecule is O=C(O)C(F)(F)F.O=C(c1ccnc(Cl)c1)N1CC2(CCNCC2)c2cc(Sc3ccc(F)cc3)ccc21. The normalized spacial score (nSPS) is 16.0. The lowest BCUT2D eigenvalue weighted by Crippen LogP contribution is -2.44. The van der Waals surface area contributed by atoms with Crippen LogP contribution in [0.3, 0.4) is 0 Å². The minimum absolute atomic E-state index is 0.0557. The number of aliphatic carboxylic acids is 1. The van der Waals surface area contributed by atoms with Gasteiger partial charge in [-0.15, -0.1) is 0 Å². The first kappa shape index (κ1) is 27.9. The number of anilines is 1. The molecule has 2 aliphatic heterocycles. The zero-order chi connectivity index (χ0) is 27.5. The molecule has 0 unspecified atom stereocenters. The van der Waals surface area contributed by atoms with Gasteiger partial charge < -0.3 is 15.3 Å². The van der Waals surface area contributed by atoms with E-state index in [4.69, 9.17) is 21.5 Å². The number of hydrogen-bond donors (Lipinski definition) is 2. The summed E-state index contributed by atoms with van der Waals surface area (Å²) in [6.07, 6.45) is -1.56. The van der Waals surface area contributed by atoms with Crippen LogP contribution in [0.1, 0.15) is 28.8 Å². The fourth-order valence-electron chi connectivity index (χ4n) is 4.56. The van der Waals surface area contributed by atoms with Crippen LogP contribution < -0.4 is 10.2 Å². The maximum Gasteiger partial charge on any atom is 0.490 e. The lowest BCUT2D eigenvalue weighted by atomic mass is 9.75. The Kier molecular flexibility index (Phi) is 8.29. The highest BCUT2D eigenvalue weighted by molar-refractivity contribution is 7.99. The lowest BCUT2D eigenvalue weighted by molar-refractivity contribution is -0.192. The van der Waals surface area contributed by atoms with Crippen LogP contribution in [-0.2, 0) is 10.2 Å². The number of fused-ring (bicyclic) bond motifs is 2. The average molecular weight is 568 g/mol. The number of amides is 1. The third-order valence-electron chi connectivity index (χ3n) is 6.36. The van der Waals surface area contributed by atoms with Gasteiger partial charge in [-0.2, -0.15) is 13.2 Å². The summed E-state index contributed by atoms with van der Waals surface area (Å²) in [5.74, 6) is -3.05. The highest BCUT2D eigenvalue weighted by atomic mass is 35.5. The van der Waals surface area contributed by atoms with E-state index in [1.807, 2.05) is 17.0 Å². The van der Waals surface area contributed by atoms with E-state index in [1.165, 1.54) is 17.7 Å². The van der Waals surface area contributed by atoms with Crippen molar-refractivity contribution in [3.63, 3.8) is 0 Å². The van der Waals surface area contributed by atoms with Gasteiger partial charge in [0.2, 0.25) is 0 Å². The van der Waals surface area contributed by atoms with Crippen molar-refractivity contribution >= 4 is 40.9 Å². The Morgan fingerprint density at radius 3 is 2.26 bits per heavy atom. The largest absolute Gasteiger partial charge is 0.490 e. The molecule has 3 heterocycles. The number of benzene rings is 2. The summed E-state index contributed by atoms with van der Waals surface area (Å²) >= 11 is 7.64. The van der Waals surface area contributed by atoms with Gasteiger partial charge in [-0.25, -0.2) is 14.2 Å². The quantitative estimate of drug-likeness (QED) is 0.301. The van der Waals surface area contributed by atoms with E-state index in [0.29, 0.717) is 17.3 Å². The molecule has 0 saturated carbocycles. The third-order valence-corrected chi connectivity index (χ3v) is 7.57. The lowest BCUT2D eigenvalue weighted by Gasteiger charge is -2.34. The number of nitrogens with one attached hydrogen (secondary N) is 1. The number of rotatable bonds is 3. The maximum absolute atomic E-state index is 13.4. The Labute approximate surface area is 225 Å². The standard InChI is InChI=1S/C24H21ClFN3OS.C2HF3O2/c25-22-13-16(7-10-28-22)23(30)29-15-24(8-11-27-12-9-24)20-14-19(5-6-21(20)29)31-18-3-1-17(26)2-4-18;3-2(4,5)1(6)7/h1-7,10,13-14,27H,8-9,11-12,15H2;(H,6,7). The van der Waals surface area contributed by atoms with Crippen LogP contribution in [0.4, 0.5) is 23.2 Å². The van der Waals surface area contributed by atoms with Crippen LogP contribution >= 0.6 is 23.4 Å². The van der Waals surface area contributed by atoms with Crippen molar-refractivity contribution in [3.8, 4) is 0 Å². The van der Waals surface area contributed by atoms with Gasteiger partial charge in [0.15, 0.2) is 0 Å². The summed E-state index contributed by atoms with van der Waals surface area (Å²) in [4.78, 5) is 30.2. The molecule has 5 rings (SSSR count). The number of carboxylic acid groups (broad SMARTS) is 1. The molecular weight excluding hydrogens is 546 g/mol. The molecule has 0 atom stereocenters. The molecule has 2 N–H and O–H groups in total. The second kappa shape index (κ2) is 11.3. The first-order valence-corrected chi connectivity index (χ1v) is 12.7. The van der Waals surface area contributed by atoms with E-state index in [9.17, 15) is 22.4 Å². The fourth-order valence-corrected chi connectivity index (χ4v) is 5.59. The van der Waals surface area contributed by atoms with Gasteiger partial charge in [0.05, 0.1) is 0 Å². The van der Waals surface area contributed by atoms with Crippen LogP contribution in [0, 0.1) is 5.82 Å². The van der Waals surface area contributed by atoms with Crippen LogP contribution in [0.25, 0.3) is 0 Å². The predicted molar refractivity (Wildman–Crippen MR) is 135 cm³/mol. The molecule has 6 nitrogen and oxygen atoms in total. The van der Waals surface area contributed by atoms with Crippen LogP contribution in [-0.4, -0.2) is 47.8 Å². The van der Waals surface area contributed by atoms with Crippen molar-refractivity contribution in [2.24, 2.45) is 0 Å². The number of carboxylic acids is 1. The van der Waals surface area contributed by atoms with Crippen molar-refractivity contribution in [2.45, 2.75) is 34.2 Å². The number of piperidine rings is 1. The van der Waals surface area contributed by atoms with E-state index in [1.54, 1.807) is 42.2 Å². The Morgan fingerprint density at radius 1 is 1.03 bits per heavy atom. The zero-order valence-corrected chi connectivity index (χ0v) is 21.3. The Morgan fingerprint density at radius 2 is 1.66 bits per heavy atom. The summed E-state index contributed by atoms with van der Waals surface area (Å²) in [5.41, 5.74) is 2.66. The molecule has 1 spiro atoms. The van der Waals surface area contributed by atoms with Crippen molar-refractivity contribution < 1.29 is 32.3 Å². The molecular formula is C26H22ClF4N3O3S. The number of pyridine rings is 1. The molecule has 200 valence electrons. The van der Waals surface area contributed by atoms with E-state index < -0.39 is 12.1 Å². The molecule has 38 heavy (non-hydrogen) atoms. The van der Waals surface area contributed by atoms with E-state index >= 15 is 0 Å². The maximum atomic E-state index is 13.4. The molecule has 1 saturated heterocycles. The fraction of sp³-hybridized carbons (Fsp3) is 0.269. The van der Waals surface area contributed by atoms with Gasteiger partial charge in [-0.1, -0.05) is 23.4 Å². The summed E-state index contributed by atoms with van der Waals surface area (Å²) in [5, 5.41) is 10.9. The van der Waals surface area contributed by atoms with Gasteiger partial charge >= 0.3 is 12.1 Å². The Hall–Kier alpha value is -3.15. The van der Waals surface area contributed by atoms with E-state index in [-0.39, 0.29) is 17.1 Å². The van der Waals surface area contributed by atoms with Crippen LogP contribution in [0.15, 0.2) is 70.6 Å². The Balaban J connectivity index is 0.000000426. The summed E-state index contributed by atoms with van der Waals surface area (Å²) in [6.45, 7) is 2.52. The molecule has 3 aromatic rings. The van der Waals surface area contributed by atoms with Crippen LogP contribution in [0.2, 0.25) is 5.15 Å². The number of carbonyl (C=O) groups is 2. The minimum Gasteiger partial charge on any atom is -0.475 e. The molecule has 12 heteroatoms. The topological polar surface area (TPSA) is 82.5 Å². The highest BCUT2D eigenvalue weighted by Gasteiger charge is 2.45. The van der Waals surface area contributed by atoms with Crippen molar-refractivity contribution in [2.75, 3.05) is 24.5 Å². The Bertz CT molecular complexity index is 1330. The smallest absolute Gasteiger partial charge is 0.475 e. The van der Waals surface area contributed by atoms with Crippen molar-refractivity contribution in [1.82, 2.24) is 10.3 Å². The molecule has 0 aliphatic carbocycles. The molecule has 1 amide bonds. The van der Waals surface area contributed by atoms with Crippen molar-refractivity contribution in [1.29, 1.82) is 0 Å². The molecule has 2 aliphatic rings. The number of nitrogens with zero attached hydrogens (tertiary/aromatic N) is 2. The van der Waals surface area contributed by atoms with Gasteiger partial charge in [-0.05, 0) is 86.1 Å². The number of alkyl halides is 3. The van der Waals surface area contributed by atoms with Gasteiger partial charge in [0, 0.05) is 39.2 Å². The van der Waals surface area contributed by atoms with Gasteiger partial charge in [0.25, 0.3) is 5.91 Å². The average Bonchev–Trinajstić information content (AvgIpc) is 3.18. The van der Waals surface area contributed by atoms with E-state index in [2.05, 4.69) is 16.4 Å². The monoisotopic (exact) mass is 567 g/mol. The second-order valence-corrected chi connectivity index (χ2v) is 10.4. The predicted octanol–water partition coefficient (Wildman–Crippen LogP) is 5.94. The first-order valence-electron chi connectivity index (χ1n) is 11.5. The van der Waals surface area contributed by atoms with E-state index in [0.717, 1.165) is 41.4 Å². The minimum atomic E-state index is -5.08.